The standard InChI is InChI=1S/C9H15NO3S/c11-8(4-2-6-14)10-5-1-3-7(10)9(12)13/h7,14H,1-6H2,(H,12,13)/t7-/m0/s1. The van der Waals surface area contributed by atoms with Crippen LogP contribution < -0.4 is 0 Å². The molecule has 0 saturated carbocycles. The van der Waals surface area contributed by atoms with Gasteiger partial charge in [0.2, 0.25) is 5.91 Å². The third-order valence-corrected chi connectivity index (χ3v) is 2.72. The second kappa shape index (κ2) is 5.24. The summed E-state index contributed by atoms with van der Waals surface area (Å²) in [5, 5.41) is 8.85. The van der Waals surface area contributed by atoms with Crippen LogP contribution >= 0.6 is 12.6 Å². The topological polar surface area (TPSA) is 57.6 Å². The van der Waals surface area contributed by atoms with Gasteiger partial charge in [-0.05, 0) is 25.0 Å². The minimum Gasteiger partial charge on any atom is -0.480 e. The summed E-state index contributed by atoms with van der Waals surface area (Å²) in [5.74, 6) is -0.275. The van der Waals surface area contributed by atoms with Gasteiger partial charge in [-0.25, -0.2) is 4.79 Å². The van der Waals surface area contributed by atoms with Crippen molar-refractivity contribution in [3.63, 3.8) is 0 Å². The molecule has 1 aliphatic rings. The summed E-state index contributed by atoms with van der Waals surface area (Å²) in [7, 11) is 0. The molecule has 1 N–H and O–H groups in total. The molecule has 0 aromatic heterocycles. The molecule has 0 spiro atoms. The molecule has 1 fully saturated rings. The van der Waals surface area contributed by atoms with Gasteiger partial charge in [0.1, 0.15) is 6.04 Å². The second-order valence-electron chi connectivity index (χ2n) is 3.41. The largest absolute Gasteiger partial charge is 0.480 e. The number of thiol groups is 1. The Kier molecular flexibility index (Phi) is 4.25. The fourth-order valence-electron chi connectivity index (χ4n) is 1.70. The molecule has 1 heterocycles. The number of nitrogens with zero attached hydrogens (tertiary/aromatic N) is 1. The van der Waals surface area contributed by atoms with Crippen molar-refractivity contribution >= 4 is 24.5 Å². The van der Waals surface area contributed by atoms with Crippen LogP contribution in [0.5, 0.6) is 0 Å². The van der Waals surface area contributed by atoms with Crippen LogP contribution in [-0.2, 0) is 9.59 Å². The average molecular weight is 217 g/mol. The number of rotatable bonds is 4. The Labute approximate surface area is 88.7 Å². The second-order valence-corrected chi connectivity index (χ2v) is 3.86. The Morgan fingerprint density at radius 1 is 1.50 bits per heavy atom. The molecule has 1 rings (SSSR count). The number of hydrogen-bond donors (Lipinski definition) is 2. The van der Waals surface area contributed by atoms with Crippen molar-refractivity contribution < 1.29 is 14.7 Å². The predicted molar refractivity (Wildman–Crippen MR) is 55.5 cm³/mol. The van der Waals surface area contributed by atoms with Crippen LogP contribution in [0.25, 0.3) is 0 Å². The number of hydrogen-bond acceptors (Lipinski definition) is 3. The molecule has 0 unspecified atom stereocenters. The lowest BCUT2D eigenvalue weighted by molar-refractivity contribution is -0.148. The van der Waals surface area contributed by atoms with Gasteiger partial charge in [-0.3, -0.25) is 4.79 Å². The van der Waals surface area contributed by atoms with Crippen molar-refractivity contribution in [2.45, 2.75) is 31.7 Å². The lowest BCUT2D eigenvalue weighted by atomic mass is 10.2. The molecule has 4 nitrogen and oxygen atoms in total. The highest BCUT2D eigenvalue weighted by Crippen LogP contribution is 2.18. The number of amides is 1. The van der Waals surface area contributed by atoms with Gasteiger partial charge in [-0.15, -0.1) is 0 Å². The summed E-state index contributed by atoms with van der Waals surface area (Å²) in [5.41, 5.74) is 0. The summed E-state index contributed by atoms with van der Waals surface area (Å²) in [4.78, 5) is 23.8. The third kappa shape index (κ3) is 2.64. The zero-order chi connectivity index (χ0) is 10.6. The van der Waals surface area contributed by atoms with E-state index in [-0.39, 0.29) is 5.91 Å². The molecule has 1 aliphatic heterocycles. The summed E-state index contributed by atoms with van der Waals surface area (Å²) in [6.45, 7) is 0.586. The minimum absolute atomic E-state index is 0.0519. The number of carbonyl (C=O) groups is 2. The lowest BCUT2D eigenvalue weighted by Crippen LogP contribution is -2.40. The van der Waals surface area contributed by atoms with Gasteiger partial charge in [0.15, 0.2) is 0 Å². The van der Waals surface area contributed by atoms with Gasteiger partial charge < -0.3 is 10.0 Å². The molecule has 1 saturated heterocycles. The maximum Gasteiger partial charge on any atom is 0.326 e. The number of aliphatic carboxylic acids is 1. The third-order valence-electron chi connectivity index (χ3n) is 2.41. The molecular formula is C9H15NO3S. The Balaban J connectivity index is 2.49. The van der Waals surface area contributed by atoms with E-state index in [2.05, 4.69) is 12.6 Å². The first-order valence-corrected chi connectivity index (χ1v) is 5.43. The Hall–Kier alpha value is -0.710. The van der Waals surface area contributed by atoms with Crippen LogP contribution in [0.3, 0.4) is 0 Å². The summed E-state index contributed by atoms with van der Waals surface area (Å²) in [6, 6.07) is -0.595. The van der Waals surface area contributed by atoms with Gasteiger partial charge in [-0.2, -0.15) is 12.6 Å². The molecular weight excluding hydrogens is 202 g/mol. The average Bonchev–Trinajstić information content (AvgIpc) is 2.62. The van der Waals surface area contributed by atoms with E-state index in [0.29, 0.717) is 31.6 Å². The maximum atomic E-state index is 11.5. The lowest BCUT2D eigenvalue weighted by Gasteiger charge is -2.21. The first-order valence-electron chi connectivity index (χ1n) is 4.80. The fourth-order valence-corrected chi connectivity index (χ4v) is 1.85. The highest BCUT2D eigenvalue weighted by Gasteiger charge is 2.33. The fraction of sp³-hybridized carbons (Fsp3) is 0.778. The van der Waals surface area contributed by atoms with Crippen LogP contribution in [0.15, 0.2) is 0 Å². The van der Waals surface area contributed by atoms with Gasteiger partial charge in [-0.1, -0.05) is 0 Å². The molecule has 5 heteroatoms. The summed E-state index contributed by atoms with van der Waals surface area (Å²) in [6.07, 6.45) is 2.50. The molecule has 0 aliphatic carbocycles. The van der Waals surface area contributed by atoms with Crippen molar-refractivity contribution in [1.82, 2.24) is 4.90 Å². The molecule has 80 valence electrons. The highest BCUT2D eigenvalue weighted by atomic mass is 32.1. The van der Waals surface area contributed by atoms with Crippen LogP contribution in [0, 0.1) is 0 Å². The first kappa shape index (κ1) is 11.4. The van der Waals surface area contributed by atoms with E-state index in [1.54, 1.807) is 0 Å². The summed E-state index contributed by atoms with van der Waals surface area (Å²) >= 11 is 4.01. The van der Waals surface area contributed by atoms with E-state index in [1.807, 2.05) is 0 Å². The van der Waals surface area contributed by atoms with Gasteiger partial charge in [0.25, 0.3) is 0 Å². The van der Waals surface area contributed by atoms with E-state index >= 15 is 0 Å². The molecule has 0 bridgehead atoms. The Morgan fingerprint density at radius 3 is 2.79 bits per heavy atom. The van der Waals surface area contributed by atoms with Gasteiger partial charge in [0.05, 0.1) is 0 Å². The smallest absolute Gasteiger partial charge is 0.326 e. The van der Waals surface area contributed by atoms with Crippen LogP contribution in [0.4, 0.5) is 0 Å². The number of carboxylic acid groups (broad SMARTS) is 1. The maximum absolute atomic E-state index is 11.5. The molecule has 14 heavy (non-hydrogen) atoms. The van der Waals surface area contributed by atoms with E-state index in [1.165, 1.54) is 4.90 Å². The predicted octanol–water partition coefficient (Wildman–Crippen LogP) is 0.772. The molecule has 1 atom stereocenters. The summed E-state index contributed by atoms with van der Waals surface area (Å²) < 4.78 is 0. The van der Waals surface area contributed by atoms with Crippen molar-refractivity contribution in [2.75, 3.05) is 12.3 Å². The zero-order valence-electron chi connectivity index (χ0n) is 7.98. The zero-order valence-corrected chi connectivity index (χ0v) is 8.87. The van der Waals surface area contributed by atoms with Crippen molar-refractivity contribution in [3.05, 3.63) is 0 Å². The number of likely N-dealkylation sites (tertiary alicyclic amines) is 1. The van der Waals surface area contributed by atoms with Crippen molar-refractivity contribution in [1.29, 1.82) is 0 Å². The molecule has 0 radical (unpaired) electrons. The number of carbonyl (C=O) groups excluding carboxylic acids is 1. The Morgan fingerprint density at radius 2 is 2.21 bits per heavy atom. The van der Waals surface area contributed by atoms with Crippen molar-refractivity contribution in [2.24, 2.45) is 0 Å². The van der Waals surface area contributed by atoms with Crippen LogP contribution in [-0.4, -0.2) is 40.2 Å². The highest BCUT2D eigenvalue weighted by molar-refractivity contribution is 7.80. The first-order chi connectivity index (χ1) is 6.66. The van der Waals surface area contributed by atoms with Gasteiger partial charge in [0, 0.05) is 13.0 Å². The van der Waals surface area contributed by atoms with Gasteiger partial charge >= 0.3 is 5.97 Å². The SMILES string of the molecule is O=C(O)[C@@H]1CCCN1C(=O)CCCS. The van der Waals surface area contributed by atoms with Crippen LogP contribution in [0.1, 0.15) is 25.7 Å². The Bertz CT molecular complexity index is 232. The quantitative estimate of drug-likeness (QED) is 0.684. The minimum atomic E-state index is -0.887. The monoisotopic (exact) mass is 217 g/mol. The van der Waals surface area contributed by atoms with Crippen LogP contribution in [0.2, 0.25) is 0 Å². The van der Waals surface area contributed by atoms with E-state index in [9.17, 15) is 9.59 Å². The molecule has 1 amide bonds. The molecule has 0 aromatic carbocycles. The number of carboxylic acids is 1. The van der Waals surface area contributed by atoms with E-state index < -0.39 is 12.0 Å². The van der Waals surface area contributed by atoms with E-state index in [4.69, 9.17) is 5.11 Å². The molecule has 0 aromatic rings. The van der Waals surface area contributed by atoms with E-state index in [0.717, 1.165) is 6.42 Å². The normalized spacial score (nSPS) is 21.2. The van der Waals surface area contributed by atoms with Crippen molar-refractivity contribution in [3.8, 4) is 0 Å².